The summed E-state index contributed by atoms with van der Waals surface area (Å²) in [5.41, 5.74) is -2.56. The number of ether oxygens (including phenoxy) is 5. The molecule has 2 aromatic carbocycles. The van der Waals surface area contributed by atoms with Crippen LogP contribution in [0, 0.1) is 36.4 Å². The van der Waals surface area contributed by atoms with Gasteiger partial charge in [0.1, 0.15) is 40.2 Å². The zero-order chi connectivity index (χ0) is 60.3. The summed E-state index contributed by atoms with van der Waals surface area (Å²) >= 11 is 0. The molecular weight excluding hydrogens is 1080 g/mol. The van der Waals surface area contributed by atoms with Crippen LogP contribution in [0.5, 0.6) is 17.2 Å². The molecule has 5 aliphatic heterocycles. The van der Waals surface area contributed by atoms with Crippen LogP contribution in [0.4, 0.5) is 10.1 Å². The lowest BCUT2D eigenvalue weighted by Crippen LogP contribution is -2.53. The maximum absolute atomic E-state index is 16.4. The van der Waals surface area contributed by atoms with Crippen molar-refractivity contribution in [2.24, 2.45) is 23.7 Å². The molecule has 1 saturated carbocycles. The number of piperidine rings is 2. The Balaban J connectivity index is 1.03. The van der Waals surface area contributed by atoms with E-state index in [-0.39, 0.29) is 76.2 Å². The van der Waals surface area contributed by atoms with E-state index in [9.17, 15) is 44.4 Å². The summed E-state index contributed by atoms with van der Waals surface area (Å²) in [7, 11) is 2.81. The second-order valence-electron chi connectivity index (χ2n) is 23.2. The van der Waals surface area contributed by atoms with Crippen molar-refractivity contribution in [3.8, 4) is 17.2 Å². The number of nitrogens with zero attached hydrogens (tertiary/aromatic N) is 3. The Morgan fingerprint density at radius 2 is 1.57 bits per heavy atom. The number of likely N-dealkylation sites (tertiary alicyclic amines) is 1. The van der Waals surface area contributed by atoms with Crippen molar-refractivity contribution in [2.75, 3.05) is 45.3 Å². The number of hydrogen-bond donors (Lipinski definition) is 6. The van der Waals surface area contributed by atoms with E-state index in [4.69, 9.17) is 23.7 Å². The van der Waals surface area contributed by atoms with Gasteiger partial charge in [-0.15, -0.1) is 0 Å². The number of fused-ring (bicyclic) bond motifs is 15. The Morgan fingerprint density at radius 3 is 2.20 bits per heavy atom. The van der Waals surface area contributed by atoms with E-state index in [1.165, 1.54) is 60.3 Å². The van der Waals surface area contributed by atoms with Gasteiger partial charge in [0.25, 0.3) is 11.7 Å². The first-order valence-corrected chi connectivity index (χ1v) is 28.3. The summed E-state index contributed by atoms with van der Waals surface area (Å²) in [6, 6.07) is 0.704. The van der Waals surface area contributed by atoms with Gasteiger partial charge in [-0.2, -0.15) is 0 Å². The number of aromatic nitrogens is 1. The maximum atomic E-state index is 16.4. The van der Waals surface area contributed by atoms with Crippen molar-refractivity contribution >= 4 is 51.8 Å². The fourth-order valence-corrected chi connectivity index (χ4v) is 12.6. The molecule has 5 bridgehead atoms. The predicted octanol–water partition coefficient (Wildman–Crippen LogP) is 6.18. The maximum Gasteiger partial charge on any atom is 0.341 e. The molecule has 446 valence electrons. The number of allylic oxidation sites excluding steroid dienone is 4. The van der Waals surface area contributed by atoms with Crippen LogP contribution >= 0.6 is 0 Å². The SMILES string of the molecule is COc1c(N2CCCC(NC3CCN(C4=C5NC(=O)/C(C)=C\C=C\[C@H](C)[C@H](O)[C@@H](C)[C@@H](O)[C@@H](C)[C@H](OC(C)=O)[C@H](C)[C@@H](OC)/C=C/O[C@@]6(C)Oc7c(C)c(O)c(c(c7C6=O)C4=O)C5=O)CC3)C2)c(F)cc2c(=O)c(C(=O)O)cn(C3CC3)c12. The number of halogens is 1. The van der Waals surface area contributed by atoms with Crippen molar-refractivity contribution in [2.45, 2.75) is 142 Å². The summed E-state index contributed by atoms with van der Waals surface area (Å²) in [6.07, 6.45) is 8.23. The number of esters is 1. The molecule has 10 atom stereocenters. The van der Waals surface area contributed by atoms with Gasteiger partial charge < -0.3 is 69.1 Å². The number of carboxylic acid groups (broad SMARTS) is 1. The summed E-state index contributed by atoms with van der Waals surface area (Å²) in [6.45, 7) is 13.5. The molecule has 1 unspecified atom stereocenters. The van der Waals surface area contributed by atoms with E-state index in [0.29, 0.717) is 37.9 Å². The van der Waals surface area contributed by atoms with E-state index in [0.717, 1.165) is 31.6 Å². The lowest BCUT2D eigenvalue weighted by molar-refractivity contribution is -0.160. The number of carbonyl (C=O) groups excluding carboxylic acids is 5. The Hall–Kier alpha value is -7.40. The van der Waals surface area contributed by atoms with Crippen molar-refractivity contribution in [3.63, 3.8) is 0 Å². The number of phenols is 1. The highest BCUT2D eigenvalue weighted by molar-refractivity contribution is 6.32. The Labute approximate surface area is 479 Å². The number of aliphatic hydroxyl groups is 2. The van der Waals surface area contributed by atoms with E-state index in [1.54, 1.807) is 49.3 Å². The van der Waals surface area contributed by atoms with E-state index in [1.807, 2.05) is 4.90 Å². The topological polar surface area (TPSA) is 282 Å². The molecule has 6 heterocycles. The average Bonchev–Trinajstić information content (AvgIpc) is 4.42. The molecule has 1 aromatic heterocycles. The van der Waals surface area contributed by atoms with Crippen LogP contribution in [0.2, 0.25) is 0 Å². The number of Topliss-reactive ketones (excluding diaryl/α,β-unsaturated/α-hetero) is 3. The highest BCUT2D eigenvalue weighted by atomic mass is 19.1. The quantitative estimate of drug-likeness (QED) is 0.131. The molecule has 7 aliphatic rings. The molecule has 6 N–H and O–H groups in total. The number of carbonyl (C=O) groups is 6. The first-order chi connectivity index (χ1) is 39.3. The minimum Gasteiger partial charge on any atom is -0.507 e. The third kappa shape index (κ3) is 11.2. The molecule has 2 saturated heterocycles. The van der Waals surface area contributed by atoms with Gasteiger partial charge in [-0.25, -0.2) is 9.18 Å². The van der Waals surface area contributed by atoms with Gasteiger partial charge in [0, 0.05) is 106 Å². The van der Waals surface area contributed by atoms with Crippen LogP contribution in [-0.4, -0.2) is 148 Å². The minimum absolute atomic E-state index is 0.0427. The number of phenolic OH excluding ortho intramolecular Hbond substituents is 1. The first kappa shape index (κ1) is 60.2. The van der Waals surface area contributed by atoms with Crippen LogP contribution in [0.25, 0.3) is 10.9 Å². The van der Waals surface area contributed by atoms with Gasteiger partial charge in [-0.3, -0.25) is 28.8 Å². The number of methoxy groups -OCH3 is 2. The number of amides is 1. The lowest BCUT2D eigenvalue weighted by Gasteiger charge is -2.41. The molecule has 22 heteroatoms. The normalized spacial score (nSPS) is 29.9. The molecule has 83 heavy (non-hydrogen) atoms. The number of anilines is 1. The highest BCUT2D eigenvalue weighted by Crippen LogP contribution is 2.50. The number of rotatable bonds is 9. The number of hydrogen-bond acceptors (Lipinski definition) is 18. The van der Waals surface area contributed by atoms with E-state index < -0.39 is 128 Å². The molecule has 0 radical (unpaired) electrons. The second kappa shape index (κ2) is 23.7. The molecular formula is C61H74FN5O16. The third-order valence-electron chi connectivity index (χ3n) is 17.5. The molecule has 0 spiro atoms. The smallest absolute Gasteiger partial charge is 0.341 e. The summed E-state index contributed by atoms with van der Waals surface area (Å²) in [4.78, 5) is 101. The van der Waals surface area contributed by atoms with Gasteiger partial charge >= 0.3 is 17.7 Å². The predicted molar refractivity (Wildman–Crippen MR) is 301 cm³/mol. The Morgan fingerprint density at radius 1 is 0.867 bits per heavy atom. The fourth-order valence-electron chi connectivity index (χ4n) is 12.6. The second-order valence-corrected chi connectivity index (χ2v) is 23.2. The number of carboxylic acids is 1. The van der Waals surface area contributed by atoms with Gasteiger partial charge in [0.15, 0.2) is 11.6 Å². The lowest BCUT2D eigenvalue weighted by atomic mass is 9.78. The van der Waals surface area contributed by atoms with Crippen LogP contribution in [0.15, 0.2) is 64.6 Å². The number of ketones is 3. The van der Waals surface area contributed by atoms with Crippen molar-refractivity contribution in [1.82, 2.24) is 20.1 Å². The fraction of sp³-hybridized carbons (Fsp3) is 0.525. The summed E-state index contributed by atoms with van der Waals surface area (Å²) in [5.74, 6) is -11.7. The van der Waals surface area contributed by atoms with Crippen LogP contribution in [0.3, 0.4) is 0 Å². The van der Waals surface area contributed by atoms with Crippen LogP contribution in [-0.2, 0) is 23.8 Å². The molecule has 2 aliphatic carbocycles. The van der Waals surface area contributed by atoms with Crippen molar-refractivity contribution in [1.29, 1.82) is 0 Å². The standard InChI is InChI=1S/C61H74FN5O16/c1-28-13-11-14-29(2)59(76)64-45-48(65-22-18-35(19-23-65)63-36-15-12-21-66(26-36)47-40(62)25-38-46(57(47)80-10)67(37-16-17-37)27-39(52(38)72)60(77)78)54(74)42-43(53(45)73)51(71)33(6)56-44(42)58(75)61(8,83-56)81-24-20-41(79-9)30(3)55(82-34(7)68)32(5)50(70)31(4)49(28)69/h11,13-14,20,24-25,27-28,30-32,35-37,41,49-50,55,63,69-71H,12,15-19,21-23,26H2,1-10H3,(H,64,76)(H,77,78)/b13-11+,24-20+,29-14-/t28-,30+,31+,32+,36?,41-,49-,50+,55+,61-/m0/s1. The van der Waals surface area contributed by atoms with Crippen LogP contribution in [0.1, 0.15) is 140 Å². The number of pyridine rings is 1. The average molecular weight is 1150 g/mol. The highest BCUT2D eigenvalue weighted by Gasteiger charge is 2.53. The molecule has 1 amide bonds. The monoisotopic (exact) mass is 1150 g/mol. The zero-order valence-corrected chi connectivity index (χ0v) is 48.4. The van der Waals surface area contributed by atoms with Gasteiger partial charge in [0.2, 0.25) is 17.0 Å². The number of benzene rings is 2. The molecule has 3 aromatic rings. The number of aliphatic hydroxyl groups excluding tert-OH is 2. The largest absolute Gasteiger partial charge is 0.507 e. The summed E-state index contributed by atoms with van der Waals surface area (Å²) < 4.78 is 47.8. The Kier molecular flexibility index (Phi) is 17.2. The number of nitrogens with one attached hydrogen (secondary N) is 2. The molecule has 3 fully saturated rings. The van der Waals surface area contributed by atoms with Gasteiger partial charge in [-0.05, 0) is 64.5 Å². The summed E-state index contributed by atoms with van der Waals surface area (Å²) in [5, 5.41) is 51.2. The third-order valence-corrected chi connectivity index (χ3v) is 17.5. The van der Waals surface area contributed by atoms with E-state index in [2.05, 4.69) is 10.6 Å². The number of aromatic carboxylic acids is 1. The van der Waals surface area contributed by atoms with Gasteiger partial charge in [-0.1, -0.05) is 45.9 Å². The van der Waals surface area contributed by atoms with E-state index >= 15 is 14.0 Å². The zero-order valence-electron chi connectivity index (χ0n) is 48.4. The molecule has 21 nitrogen and oxygen atoms in total. The Bertz CT molecular complexity index is 3360. The number of aromatic hydroxyl groups is 1. The minimum atomic E-state index is -2.16. The van der Waals surface area contributed by atoms with Crippen molar-refractivity contribution in [3.05, 3.63) is 104 Å². The van der Waals surface area contributed by atoms with Crippen molar-refractivity contribution < 1.29 is 77.3 Å². The first-order valence-electron chi connectivity index (χ1n) is 28.3. The van der Waals surface area contributed by atoms with Gasteiger partial charge in [0.05, 0.1) is 59.3 Å². The molecule has 10 rings (SSSR count). The van der Waals surface area contributed by atoms with Crippen LogP contribution < -0.4 is 30.4 Å².